The number of aromatic amines is 1. The normalized spacial score (nSPS) is 22.4. The average molecular weight is 369 g/mol. The summed E-state index contributed by atoms with van der Waals surface area (Å²) in [5.41, 5.74) is 4.36. The summed E-state index contributed by atoms with van der Waals surface area (Å²) >= 11 is 0. The van der Waals surface area contributed by atoms with Crippen LogP contribution in [0.3, 0.4) is 0 Å². The first-order chi connectivity index (χ1) is 13.7. The zero-order valence-electron chi connectivity index (χ0n) is 16.0. The molecule has 4 heterocycles. The maximum atomic E-state index is 4.57. The molecular formula is C23H23N5. The number of hydrogen-bond donors (Lipinski definition) is 1. The molecule has 0 radical (unpaired) electrons. The second kappa shape index (κ2) is 6.04. The number of nitrogens with one attached hydrogen (secondary N) is 1. The average Bonchev–Trinajstić information content (AvgIpc) is 3.38. The van der Waals surface area contributed by atoms with E-state index in [-0.39, 0.29) is 0 Å². The lowest BCUT2D eigenvalue weighted by Crippen LogP contribution is -2.27. The van der Waals surface area contributed by atoms with Gasteiger partial charge in [0.05, 0.1) is 5.69 Å². The van der Waals surface area contributed by atoms with E-state index in [2.05, 4.69) is 86.6 Å². The molecule has 2 aliphatic rings. The van der Waals surface area contributed by atoms with Gasteiger partial charge >= 0.3 is 0 Å². The molecule has 5 nitrogen and oxygen atoms in total. The number of anilines is 1. The van der Waals surface area contributed by atoms with Crippen molar-refractivity contribution in [2.24, 2.45) is 11.8 Å². The summed E-state index contributed by atoms with van der Waals surface area (Å²) in [5.74, 6) is 2.56. The quantitative estimate of drug-likeness (QED) is 0.584. The van der Waals surface area contributed by atoms with E-state index in [1.807, 2.05) is 0 Å². The SMILES string of the molecule is CN1CC2CN(c3ccc(-c4ccc5[nH]c6ccccc6c5c4)nn3)CC2C1. The van der Waals surface area contributed by atoms with Crippen LogP contribution in [0.15, 0.2) is 54.6 Å². The molecular weight excluding hydrogens is 346 g/mol. The van der Waals surface area contributed by atoms with Crippen molar-refractivity contribution in [3.05, 3.63) is 54.6 Å². The number of H-pyrrole nitrogens is 1. The topological polar surface area (TPSA) is 48.0 Å². The van der Waals surface area contributed by atoms with Gasteiger partial charge in [-0.25, -0.2) is 0 Å². The fourth-order valence-corrected chi connectivity index (χ4v) is 5.07. The summed E-state index contributed by atoms with van der Waals surface area (Å²) < 4.78 is 0. The fourth-order valence-electron chi connectivity index (χ4n) is 5.07. The molecule has 140 valence electrons. The second-order valence-electron chi connectivity index (χ2n) is 8.35. The lowest BCUT2D eigenvalue weighted by Gasteiger charge is -2.19. The molecule has 5 heteroatoms. The first kappa shape index (κ1) is 16.1. The Morgan fingerprint density at radius 3 is 2.39 bits per heavy atom. The van der Waals surface area contributed by atoms with Gasteiger partial charge in [0.1, 0.15) is 0 Å². The molecule has 0 aliphatic carbocycles. The Morgan fingerprint density at radius 2 is 1.61 bits per heavy atom. The molecule has 2 aromatic carbocycles. The molecule has 0 saturated carbocycles. The Hall–Kier alpha value is -2.92. The lowest BCUT2D eigenvalue weighted by atomic mass is 10.0. The van der Waals surface area contributed by atoms with E-state index in [0.29, 0.717) is 0 Å². The molecule has 1 N–H and O–H groups in total. The highest BCUT2D eigenvalue weighted by molar-refractivity contribution is 6.08. The standard InChI is InChI=1S/C23H23N5/c1-27-11-16-13-28(14-17(16)12-27)23-9-8-20(25-26-23)15-6-7-22-19(10-15)18-4-2-3-5-21(18)24-22/h2-10,16-17,24H,11-14H2,1H3. The number of rotatable bonds is 2. The monoisotopic (exact) mass is 369 g/mol. The third kappa shape index (κ3) is 2.50. The van der Waals surface area contributed by atoms with E-state index >= 15 is 0 Å². The molecule has 28 heavy (non-hydrogen) atoms. The minimum absolute atomic E-state index is 0.774. The van der Waals surface area contributed by atoms with Crippen molar-refractivity contribution < 1.29 is 0 Å². The van der Waals surface area contributed by atoms with Crippen LogP contribution < -0.4 is 4.90 Å². The van der Waals surface area contributed by atoms with Crippen molar-refractivity contribution in [3.63, 3.8) is 0 Å². The molecule has 6 rings (SSSR count). The number of benzene rings is 2. The third-order valence-corrected chi connectivity index (χ3v) is 6.45. The maximum Gasteiger partial charge on any atom is 0.151 e. The summed E-state index contributed by atoms with van der Waals surface area (Å²) in [6.45, 7) is 4.61. The molecule has 0 spiro atoms. The van der Waals surface area contributed by atoms with Crippen molar-refractivity contribution in [1.29, 1.82) is 0 Å². The summed E-state index contributed by atoms with van der Waals surface area (Å²) in [6, 6.07) is 19.1. The number of hydrogen-bond acceptors (Lipinski definition) is 4. The van der Waals surface area contributed by atoms with Crippen LogP contribution in [0.2, 0.25) is 0 Å². The van der Waals surface area contributed by atoms with E-state index in [9.17, 15) is 0 Å². The van der Waals surface area contributed by atoms with Gasteiger partial charge in [0.15, 0.2) is 5.82 Å². The van der Waals surface area contributed by atoms with Crippen molar-refractivity contribution in [1.82, 2.24) is 20.1 Å². The first-order valence-corrected chi connectivity index (χ1v) is 10.0. The highest BCUT2D eigenvalue weighted by atomic mass is 15.3. The molecule has 2 fully saturated rings. The fraction of sp³-hybridized carbons (Fsp3) is 0.304. The molecule has 0 bridgehead atoms. The first-order valence-electron chi connectivity index (χ1n) is 10.0. The highest BCUT2D eigenvalue weighted by Crippen LogP contribution is 2.33. The van der Waals surface area contributed by atoms with Gasteiger partial charge in [-0.2, -0.15) is 0 Å². The summed E-state index contributed by atoms with van der Waals surface area (Å²) in [7, 11) is 2.22. The predicted molar refractivity (Wildman–Crippen MR) is 114 cm³/mol. The maximum absolute atomic E-state index is 4.57. The van der Waals surface area contributed by atoms with Gasteiger partial charge in [0, 0.05) is 53.5 Å². The van der Waals surface area contributed by atoms with E-state index in [1.54, 1.807) is 0 Å². The largest absolute Gasteiger partial charge is 0.355 e. The Labute approximate surface area is 164 Å². The van der Waals surface area contributed by atoms with Crippen molar-refractivity contribution >= 4 is 27.6 Å². The Kier molecular flexibility index (Phi) is 3.47. The molecule has 2 saturated heterocycles. The zero-order chi connectivity index (χ0) is 18.7. The smallest absolute Gasteiger partial charge is 0.151 e. The minimum Gasteiger partial charge on any atom is -0.355 e. The van der Waals surface area contributed by atoms with Crippen LogP contribution in [-0.2, 0) is 0 Å². The summed E-state index contributed by atoms with van der Waals surface area (Å²) in [5, 5.41) is 11.6. The van der Waals surface area contributed by atoms with Gasteiger partial charge in [-0.15, -0.1) is 10.2 Å². The molecule has 2 atom stereocenters. The van der Waals surface area contributed by atoms with E-state index in [0.717, 1.165) is 47.5 Å². The molecule has 2 aliphatic heterocycles. The number of nitrogens with zero attached hydrogens (tertiary/aromatic N) is 4. The second-order valence-corrected chi connectivity index (χ2v) is 8.35. The number of para-hydroxylation sites is 1. The van der Waals surface area contributed by atoms with E-state index in [4.69, 9.17) is 0 Å². The van der Waals surface area contributed by atoms with Crippen LogP contribution >= 0.6 is 0 Å². The minimum atomic E-state index is 0.774. The van der Waals surface area contributed by atoms with Crippen LogP contribution in [0.4, 0.5) is 5.82 Å². The van der Waals surface area contributed by atoms with Gasteiger partial charge in [0.2, 0.25) is 0 Å². The lowest BCUT2D eigenvalue weighted by molar-refractivity contribution is 0.387. The van der Waals surface area contributed by atoms with Gasteiger partial charge in [-0.05, 0) is 49.2 Å². The van der Waals surface area contributed by atoms with E-state index in [1.165, 1.54) is 29.4 Å². The van der Waals surface area contributed by atoms with Crippen molar-refractivity contribution in [2.45, 2.75) is 0 Å². The van der Waals surface area contributed by atoms with Gasteiger partial charge < -0.3 is 14.8 Å². The number of likely N-dealkylation sites (tertiary alicyclic amines) is 1. The Bertz CT molecular complexity index is 1150. The molecule has 0 amide bonds. The molecule has 4 aromatic rings. The Morgan fingerprint density at radius 1 is 0.821 bits per heavy atom. The van der Waals surface area contributed by atoms with Crippen LogP contribution in [0.5, 0.6) is 0 Å². The third-order valence-electron chi connectivity index (χ3n) is 6.45. The zero-order valence-corrected chi connectivity index (χ0v) is 16.0. The van der Waals surface area contributed by atoms with Gasteiger partial charge in [-0.1, -0.05) is 24.3 Å². The van der Waals surface area contributed by atoms with Crippen molar-refractivity contribution in [2.75, 3.05) is 38.1 Å². The van der Waals surface area contributed by atoms with Crippen LogP contribution in [0.25, 0.3) is 33.1 Å². The van der Waals surface area contributed by atoms with Crippen LogP contribution in [0.1, 0.15) is 0 Å². The van der Waals surface area contributed by atoms with E-state index < -0.39 is 0 Å². The van der Waals surface area contributed by atoms with Gasteiger partial charge in [-0.3, -0.25) is 0 Å². The van der Waals surface area contributed by atoms with Gasteiger partial charge in [0.25, 0.3) is 0 Å². The highest BCUT2D eigenvalue weighted by Gasteiger charge is 2.39. The molecule has 2 aromatic heterocycles. The molecule has 2 unspecified atom stereocenters. The van der Waals surface area contributed by atoms with Crippen LogP contribution in [-0.4, -0.2) is 53.3 Å². The van der Waals surface area contributed by atoms with Crippen LogP contribution in [0, 0.1) is 11.8 Å². The number of fused-ring (bicyclic) bond motifs is 4. The predicted octanol–water partition coefficient (Wildman–Crippen LogP) is 3.78. The van der Waals surface area contributed by atoms with Crippen molar-refractivity contribution in [3.8, 4) is 11.3 Å². The summed E-state index contributed by atoms with van der Waals surface area (Å²) in [6.07, 6.45) is 0. The summed E-state index contributed by atoms with van der Waals surface area (Å²) in [4.78, 5) is 8.33. The Balaban J connectivity index is 1.30. The number of aromatic nitrogens is 3.